The van der Waals surface area contributed by atoms with Gasteiger partial charge in [0.05, 0.1) is 0 Å². The summed E-state index contributed by atoms with van der Waals surface area (Å²) in [6.07, 6.45) is 1.42. The Morgan fingerprint density at radius 2 is 2.36 bits per heavy atom. The van der Waals surface area contributed by atoms with E-state index in [1.807, 2.05) is 13.0 Å². The van der Waals surface area contributed by atoms with Crippen molar-refractivity contribution in [1.29, 1.82) is 0 Å². The summed E-state index contributed by atoms with van der Waals surface area (Å²) in [6.45, 7) is 2.60. The van der Waals surface area contributed by atoms with E-state index >= 15 is 0 Å². The first kappa shape index (κ1) is 9.49. The van der Waals surface area contributed by atoms with Crippen LogP contribution in [0.25, 0.3) is 11.1 Å². The van der Waals surface area contributed by atoms with Gasteiger partial charge < -0.3 is 10.2 Å². The molecule has 1 atom stereocenters. The topological polar surface area (TPSA) is 52.0 Å². The second-order valence-corrected chi connectivity index (χ2v) is 3.77. The van der Waals surface area contributed by atoms with Gasteiger partial charge in [0.2, 0.25) is 0 Å². The molecule has 3 nitrogen and oxygen atoms in total. The number of hydrogen-bond acceptors (Lipinski definition) is 3. The zero-order chi connectivity index (χ0) is 10.1. The monoisotopic (exact) mass is 210 g/mol. The first-order valence-corrected chi connectivity index (χ1v) is 4.83. The molecule has 0 radical (unpaired) electrons. The van der Waals surface area contributed by atoms with Crippen LogP contribution in [0.3, 0.4) is 0 Å². The predicted octanol–water partition coefficient (Wildman–Crippen LogP) is 2.54. The van der Waals surface area contributed by atoms with Gasteiger partial charge in [-0.3, -0.25) is 0 Å². The van der Waals surface area contributed by atoms with Crippen LogP contribution < -0.4 is 5.73 Å². The standard InChI is InChI=1S/C10H11ClN2O/c1-6(4-12)8-2-7(11)3-9-10(8)14-5-13-9/h2-3,5-6H,4,12H2,1H3. The Kier molecular flexibility index (Phi) is 2.44. The molecule has 0 spiro atoms. The fourth-order valence-corrected chi connectivity index (χ4v) is 1.67. The second-order valence-electron chi connectivity index (χ2n) is 3.33. The molecule has 2 N–H and O–H groups in total. The van der Waals surface area contributed by atoms with Crippen LogP contribution in [0.15, 0.2) is 22.9 Å². The first-order valence-electron chi connectivity index (χ1n) is 4.45. The summed E-state index contributed by atoms with van der Waals surface area (Å²) in [6, 6.07) is 3.67. The van der Waals surface area contributed by atoms with Crippen LogP contribution in [0.1, 0.15) is 18.4 Å². The van der Waals surface area contributed by atoms with Crippen molar-refractivity contribution >= 4 is 22.7 Å². The molecule has 0 saturated heterocycles. The molecule has 4 heteroatoms. The van der Waals surface area contributed by atoms with E-state index in [4.69, 9.17) is 21.8 Å². The summed E-state index contributed by atoms with van der Waals surface area (Å²) < 4.78 is 5.30. The zero-order valence-corrected chi connectivity index (χ0v) is 8.58. The predicted molar refractivity (Wildman–Crippen MR) is 56.5 cm³/mol. The number of nitrogens with zero attached hydrogens (tertiary/aromatic N) is 1. The van der Waals surface area contributed by atoms with Gasteiger partial charge in [0.15, 0.2) is 12.0 Å². The van der Waals surface area contributed by atoms with E-state index in [2.05, 4.69) is 4.98 Å². The molecule has 0 amide bonds. The van der Waals surface area contributed by atoms with Gasteiger partial charge in [0.1, 0.15) is 5.52 Å². The number of fused-ring (bicyclic) bond motifs is 1. The Balaban J connectivity index is 2.66. The zero-order valence-electron chi connectivity index (χ0n) is 7.83. The molecule has 0 saturated carbocycles. The van der Waals surface area contributed by atoms with Crippen LogP contribution in [0.5, 0.6) is 0 Å². The smallest absolute Gasteiger partial charge is 0.181 e. The fourth-order valence-electron chi connectivity index (χ4n) is 1.45. The van der Waals surface area contributed by atoms with E-state index in [0.29, 0.717) is 11.6 Å². The van der Waals surface area contributed by atoms with Crippen LogP contribution >= 0.6 is 11.6 Å². The molecule has 1 unspecified atom stereocenters. The van der Waals surface area contributed by atoms with E-state index in [1.54, 1.807) is 6.07 Å². The fraction of sp³-hybridized carbons (Fsp3) is 0.300. The summed E-state index contributed by atoms with van der Waals surface area (Å²) in [7, 11) is 0. The van der Waals surface area contributed by atoms with Crippen molar-refractivity contribution in [2.45, 2.75) is 12.8 Å². The van der Waals surface area contributed by atoms with Crippen molar-refractivity contribution in [2.75, 3.05) is 6.54 Å². The Labute approximate surface area is 86.9 Å². The average molecular weight is 211 g/mol. The minimum atomic E-state index is 0.226. The largest absolute Gasteiger partial charge is 0.443 e. The number of rotatable bonds is 2. The Morgan fingerprint density at radius 1 is 1.57 bits per heavy atom. The van der Waals surface area contributed by atoms with Gasteiger partial charge in [-0.25, -0.2) is 4.98 Å². The van der Waals surface area contributed by atoms with E-state index in [1.165, 1.54) is 6.39 Å². The van der Waals surface area contributed by atoms with Gasteiger partial charge in [0.25, 0.3) is 0 Å². The van der Waals surface area contributed by atoms with Crippen molar-refractivity contribution < 1.29 is 4.42 Å². The molecule has 0 bridgehead atoms. The van der Waals surface area contributed by atoms with Crippen molar-refractivity contribution in [3.05, 3.63) is 29.1 Å². The molecule has 2 rings (SSSR count). The van der Waals surface area contributed by atoms with Gasteiger partial charge >= 0.3 is 0 Å². The molecule has 1 aromatic heterocycles. The first-order chi connectivity index (χ1) is 6.72. The molecule has 0 fully saturated rings. The van der Waals surface area contributed by atoms with Crippen LogP contribution in [-0.4, -0.2) is 11.5 Å². The maximum atomic E-state index is 5.96. The number of benzene rings is 1. The quantitative estimate of drug-likeness (QED) is 0.829. The maximum Gasteiger partial charge on any atom is 0.181 e. The van der Waals surface area contributed by atoms with Crippen LogP contribution in [-0.2, 0) is 0 Å². The molecule has 2 aromatic rings. The third kappa shape index (κ3) is 1.49. The highest BCUT2D eigenvalue weighted by Crippen LogP contribution is 2.28. The van der Waals surface area contributed by atoms with Gasteiger partial charge in [-0.15, -0.1) is 0 Å². The highest BCUT2D eigenvalue weighted by Gasteiger charge is 2.12. The average Bonchev–Trinajstić information content (AvgIpc) is 2.62. The van der Waals surface area contributed by atoms with Crippen molar-refractivity contribution in [2.24, 2.45) is 5.73 Å². The van der Waals surface area contributed by atoms with Crippen LogP contribution in [0.4, 0.5) is 0 Å². The van der Waals surface area contributed by atoms with E-state index in [0.717, 1.165) is 16.7 Å². The number of hydrogen-bond donors (Lipinski definition) is 1. The summed E-state index contributed by atoms with van der Waals surface area (Å²) in [5, 5.41) is 0.668. The lowest BCUT2D eigenvalue weighted by atomic mass is 10.0. The van der Waals surface area contributed by atoms with Gasteiger partial charge in [-0.2, -0.15) is 0 Å². The third-order valence-electron chi connectivity index (χ3n) is 2.31. The molecule has 1 heterocycles. The van der Waals surface area contributed by atoms with Crippen LogP contribution in [0, 0.1) is 0 Å². The minimum Gasteiger partial charge on any atom is -0.443 e. The van der Waals surface area contributed by atoms with E-state index < -0.39 is 0 Å². The molecule has 0 aliphatic rings. The number of aromatic nitrogens is 1. The Morgan fingerprint density at radius 3 is 3.07 bits per heavy atom. The maximum absolute atomic E-state index is 5.96. The molecular weight excluding hydrogens is 200 g/mol. The summed E-state index contributed by atoms with van der Waals surface area (Å²) in [4.78, 5) is 4.06. The lowest BCUT2D eigenvalue weighted by molar-refractivity contribution is 0.592. The molecule has 0 aliphatic carbocycles. The molecule has 74 valence electrons. The van der Waals surface area contributed by atoms with Gasteiger partial charge in [-0.1, -0.05) is 18.5 Å². The Hall–Kier alpha value is -1.06. The SMILES string of the molecule is CC(CN)c1cc(Cl)cc2ncoc12. The minimum absolute atomic E-state index is 0.226. The lowest BCUT2D eigenvalue weighted by Gasteiger charge is -2.08. The molecular formula is C10H11ClN2O. The normalized spacial score (nSPS) is 13.4. The lowest BCUT2D eigenvalue weighted by Crippen LogP contribution is -2.09. The molecule has 1 aromatic carbocycles. The van der Waals surface area contributed by atoms with E-state index in [9.17, 15) is 0 Å². The number of halogens is 1. The second kappa shape index (κ2) is 3.59. The third-order valence-corrected chi connectivity index (χ3v) is 2.53. The van der Waals surface area contributed by atoms with Crippen molar-refractivity contribution in [1.82, 2.24) is 4.98 Å². The van der Waals surface area contributed by atoms with Gasteiger partial charge in [0, 0.05) is 10.6 Å². The summed E-state index contributed by atoms with van der Waals surface area (Å²) in [5.74, 6) is 0.226. The van der Waals surface area contributed by atoms with Crippen LogP contribution in [0.2, 0.25) is 5.02 Å². The van der Waals surface area contributed by atoms with Crippen molar-refractivity contribution in [3.8, 4) is 0 Å². The van der Waals surface area contributed by atoms with E-state index in [-0.39, 0.29) is 5.92 Å². The number of oxazole rings is 1. The van der Waals surface area contributed by atoms with Gasteiger partial charge in [-0.05, 0) is 24.6 Å². The Bertz CT molecular complexity index is 452. The number of nitrogens with two attached hydrogens (primary N) is 1. The highest BCUT2D eigenvalue weighted by atomic mass is 35.5. The highest BCUT2D eigenvalue weighted by molar-refractivity contribution is 6.31. The molecule has 14 heavy (non-hydrogen) atoms. The summed E-state index contributed by atoms with van der Waals surface area (Å²) in [5.41, 5.74) is 8.20. The molecule has 0 aliphatic heterocycles. The summed E-state index contributed by atoms with van der Waals surface area (Å²) >= 11 is 5.96. The van der Waals surface area contributed by atoms with Crippen molar-refractivity contribution in [3.63, 3.8) is 0 Å².